The SMILES string of the molecule is COCCNC(=O)c1ccc2c(c1)C(c1ncn(C(C)C)n1)CN2S(C)(=O)=O. The van der Waals surface area contributed by atoms with E-state index in [0.29, 0.717) is 30.2 Å². The van der Waals surface area contributed by atoms with Crippen LogP contribution < -0.4 is 9.62 Å². The van der Waals surface area contributed by atoms with Crippen LogP contribution in [-0.4, -0.2) is 62.2 Å². The zero-order valence-corrected chi connectivity index (χ0v) is 17.2. The molecule has 3 rings (SSSR count). The lowest BCUT2D eigenvalue weighted by atomic mass is 9.98. The number of ether oxygens (including phenoxy) is 1. The average Bonchev–Trinajstić information content (AvgIpc) is 3.25. The molecule has 9 nitrogen and oxygen atoms in total. The van der Waals surface area contributed by atoms with Crippen LogP contribution in [0, 0.1) is 0 Å². The summed E-state index contributed by atoms with van der Waals surface area (Å²) in [5.74, 6) is -0.0356. The molecule has 1 aliphatic rings. The minimum absolute atomic E-state index is 0.144. The minimum atomic E-state index is -3.46. The number of amides is 1. The van der Waals surface area contributed by atoms with Gasteiger partial charge in [0.05, 0.1) is 24.5 Å². The summed E-state index contributed by atoms with van der Waals surface area (Å²) in [7, 11) is -1.90. The van der Waals surface area contributed by atoms with Gasteiger partial charge in [-0.2, -0.15) is 5.10 Å². The molecule has 2 heterocycles. The van der Waals surface area contributed by atoms with Crippen LogP contribution in [0.3, 0.4) is 0 Å². The molecule has 1 unspecified atom stereocenters. The first-order chi connectivity index (χ1) is 13.2. The number of rotatable bonds is 7. The Morgan fingerprint density at radius 2 is 2.14 bits per heavy atom. The van der Waals surface area contributed by atoms with Crippen molar-refractivity contribution in [3.8, 4) is 0 Å². The molecule has 1 amide bonds. The van der Waals surface area contributed by atoms with Crippen LogP contribution in [0.2, 0.25) is 0 Å². The number of nitrogens with zero attached hydrogens (tertiary/aromatic N) is 4. The number of anilines is 1. The largest absolute Gasteiger partial charge is 0.383 e. The maximum Gasteiger partial charge on any atom is 0.251 e. The molecule has 10 heteroatoms. The molecule has 1 N–H and O–H groups in total. The highest BCUT2D eigenvalue weighted by Gasteiger charge is 2.37. The molecule has 28 heavy (non-hydrogen) atoms. The van der Waals surface area contributed by atoms with Crippen LogP contribution in [0.5, 0.6) is 0 Å². The van der Waals surface area contributed by atoms with Gasteiger partial charge >= 0.3 is 0 Å². The summed E-state index contributed by atoms with van der Waals surface area (Å²) in [5, 5.41) is 7.28. The smallest absolute Gasteiger partial charge is 0.251 e. The third-order valence-electron chi connectivity index (χ3n) is 4.64. The fourth-order valence-electron chi connectivity index (χ4n) is 3.16. The van der Waals surface area contributed by atoms with Crippen molar-refractivity contribution in [2.75, 3.05) is 37.4 Å². The molecule has 1 aliphatic heterocycles. The number of hydrogen-bond donors (Lipinski definition) is 1. The summed E-state index contributed by atoms with van der Waals surface area (Å²) >= 11 is 0. The normalized spacial score (nSPS) is 16.5. The maximum atomic E-state index is 12.4. The molecule has 152 valence electrons. The van der Waals surface area contributed by atoms with Gasteiger partial charge in [0, 0.05) is 31.8 Å². The van der Waals surface area contributed by atoms with Gasteiger partial charge in [-0.05, 0) is 37.6 Å². The first-order valence-corrected chi connectivity index (χ1v) is 10.9. The number of carbonyl (C=O) groups is 1. The van der Waals surface area contributed by atoms with E-state index >= 15 is 0 Å². The summed E-state index contributed by atoms with van der Waals surface area (Å²) < 4.78 is 32.6. The van der Waals surface area contributed by atoms with Gasteiger partial charge in [-0.15, -0.1) is 0 Å². The van der Waals surface area contributed by atoms with Gasteiger partial charge in [-0.1, -0.05) is 0 Å². The Kier molecular flexibility index (Phi) is 5.71. The molecule has 0 spiro atoms. The van der Waals surface area contributed by atoms with E-state index in [0.717, 1.165) is 5.56 Å². The lowest BCUT2D eigenvalue weighted by molar-refractivity contribution is 0.0937. The summed E-state index contributed by atoms with van der Waals surface area (Å²) in [4.78, 5) is 16.8. The molecule has 0 radical (unpaired) electrons. The highest BCUT2D eigenvalue weighted by atomic mass is 32.2. The highest BCUT2D eigenvalue weighted by Crippen LogP contribution is 2.40. The van der Waals surface area contributed by atoms with Crippen LogP contribution in [0.1, 0.15) is 47.6 Å². The zero-order chi connectivity index (χ0) is 20.5. The number of hydrogen-bond acceptors (Lipinski definition) is 6. The van der Waals surface area contributed by atoms with E-state index in [2.05, 4.69) is 15.4 Å². The number of benzene rings is 1. The van der Waals surface area contributed by atoms with Crippen LogP contribution in [0.15, 0.2) is 24.5 Å². The van der Waals surface area contributed by atoms with Crippen LogP contribution in [-0.2, 0) is 14.8 Å². The fourth-order valence-corrected chi connectivity index (χ4v) is 4.11. The van der Waals surface area contributed by atoms with E-state index in [4.69, 9.17) is 4.74 Å². The minimum Gasteiger partial charge on any atom is -0.383 e. The van der Waals surface area contributed by atoms with E-state index < -0.39 is 10.0 Å². The van der Waals surface area contributed by atoms with Crippen LogP contribution in [0.25, 0.3) is 0 Å². The predicted molar refractivity (Wildman–Crippen MR) is 105 cm³/mol. The molecule has 0 aliphatic carbocycles. The molecule has 1 atom stereocenters. The van der Waals surface area contributed by atoms with Crippen molar-refractivity contribution >= 4 is 21.6 Å². The first-order valence-electron chi connectivity index (χ1n) is 9.02. The quantitative estimate of drug-likeness (QED) is 0.690. The third kappa shape index (κ3) is 4.02. The van der Waals surface area contributed by atoms with Gasteiger partial charge in [0.1, 0.15) is 6.33 Å². The standard InChI is InChI=1S/C18H25N5O4S/c1-12(2)22-11-20-17(21-22)15-10-23(28(4,25)26)16-6-5-13(9-14(15)16)18(24)19-7-8-27-3/h5-6,9,11-12,15H,7-8,10H2,1-4H3,(H,19,24). The Bertz CT molecular complexity index is 970. The Hall–Kier alpha value is -2.46. The molecule has 1 aromatic carbocycles. The molecule has 0 bridgehead atoms. The molecule has 0 fully saturated rings. The fraction of sp³-hybridized carbons (Fsp3) is 0.500. The van der Waals surface area contributed by atoms with Gasteiger partial charge in [-0.3, -0.25) is 13.8 Å². The highest BCUT2D eigenvalue weighted by molar-refractivity contribution is 7.92. The van der Waals surface area contributed by atoms with Crippen molar-refractivity contribution in [3.05, 3.63) is 41.5 Å². The third-order valence-corrected chi connectivity index (χ3v) is 5.79. The summed E-state index contributed by atoms with van der Waals surface area (Å²) in [5.41, 5.74) is 1.74. The van der Waals surface area contributed by atoms with E-state index in [9.17, 15) is 13.2 Å². The monoisotopic (exact) mass is 407 g/mol. The molecule has 0 saturated heterocycles. The summed E-state index contributed by atoms with van der Waals surface area (Å²) in [6.45, 7) is 5.01. The average molecular weight is 407 g/mol. The summed E-state index contributed by atoms with van der Waals surface area (Å²) in [6.07, 6.45) is 2.81. The van der Waals surface area contributed by atoms with E-state index in [1.54, 1.807) is 36.3 Å². The van der Waals surface area contributed by atoms with Gasteiger partial charge < -0.3 is 10.1 Å². The Balaban J connectivity index is 1.98. The lowest BCUT2D eigenvalue weighted by Crippen LogP contribution is -2.29. The molecule has 2 aromatic rings. The zero-order valence-electron chi connectivity index (χ0n) is 16.4. The van der Waals surface area contributed by atoms with Gasteiger partial charge in [-0.25, -0.2) is 13.4 Å². The van der Waals surface area contributed by atoms with Gasteiger partial charge in [0.2, 0.25) is 10.0 Å². The molecule has 0 saturated carbocycles. The number of carbonyl (C=O) groups excluding carboxylic acids is 1. The predicted octanol–water partition coefficient (Wildman–Crippen LogP) is 1.15. The Morgan fingerprint density at radius 1 is 1.39 bits per heavy atom. The van der Waals surface area contributed by atoms with Crippen molar-refractivity contribution in [2.45, 2.75) is 25.8 Å². The van der Waals surface area contributed by atoms with Crippen molar-refractivity contribution < 1.29 is 17.9 Å². The number of aromatic nitrogens is 3. The van der Waals surface area contributed by atoms with Gasteiger partial charge in [0.15, 0.2) is 5.82 Å². The first kappa shape index (κ1) is 20.3. The Labute approximate surface area is 164 Å². The van der Waals surface area contributed by atoms with Crippen molar-refractivity contribution in [1.82, 2.24) is 20.1 Å². The van der Waals surface area contributed by atoms with E-state index in [-0.39, 0.29) is 24.4 Å². The van der Waals surface area contributed by atoms with Crippen molar-refractivity contribution in [1.29, 1.82) is 0 Å². The molecular formula is C18H25N5O4S. The summed E-state index contributed by atoms with van der Waals surface area (Å²) in [6, 6.07) is 5.16. The topological polar surface area (TPSA) is 106 Å². The molecule has 1 aromatic heterocycles. The number of nitrogens with one attached hydrogen (secondary N) is 1. The second kappa shape index (κ2) is 7.88. The molecular weight excluding hydrogens is 382 g/mol. The van der Waals surface area contributed by atoms with E-state index in [1.807, 2.05) is 13.8 Å². The van der Waals surface area contributed by atoms with Gasteiger partial charge in [0.25, 0.3) is 5.91 Å². The van der Waals surface area contributed by atoms with Crippen LogP contribution in [0.4, 0.5) is 5.69 Å². The lowest BCUT2D eigenvalue weighted by Gasteiger charge is -2.16. The van der Waals surface area contributed by atoms with E-state index in [1.165, 1.54) is 10.6 Å². The number of fused-ring (bicyclic) bond motifs is 1. The second-order valence-corrected chi connectivity index (χ2v) is 8.95. The second-order valence-electron chi connectivity index (χ2n) is 7.05. The van der Waals surface area contributed by atoms with Crippen molar-refractivity contribution in [3.63, 3.8) is 0 Å². The number of sulfonamides is 1. The van der Waals surface area contributed by atoms with Crippen molar-refractivity contribution in [2.24, 2.45) is 0 Å². The number of methoxy groups -OCH3 is 1. The van der Waals surface area contributed by atoms with Crippen LogP contribution >= 0.6 is 0 Å². The maximum absolute atomic E-state index is 12.4. The Morgan fingerprint density at radius 3 is 2.75 bits per heavy atom.